The smallest absolute Gasteiger partial charge is 0.0631 e. The van der Waals surface area contributed by atoms with E-state index in [1.807, 2.05) is 6.92 Å². The molecule has 1 aliphatic heterocycles. The summed E-state index contributed by atoms with van der Waals surface area (Å²) in [4.78, 5) is 0. The van der Waals surface area contributed by atoms with Crippen LogP contribution in [0.1, 0.15) is 53.4 Å². The molecule has 0 saturated carbocycles. The molecule has 1 aliphatic rings. The van der Waals surface area contributed by atoms with Crippen molar-refractivity contribution in [3.63, 3.8) is 0 Å². The zero-order valence-corrected chi connectivity index (χ0v) is 9.92. The zero-order chi connectivity index (χ0) is 10.8. The van der Waals surface area contributed by atoms with E-state index >= 15 is 0 Å². The van der Waals surface area contributed by atoms with Gasteiger partial charge >= 0.3 is 0 Å². The van der Waals surface area contributed by atoms with E-state index < -0.39 is 0 Å². The lowest BCUT2D eigenvalue weighted by atomic mass is 9.96. The maximum Gasteiger partial charge on any atom is 0.0631 e. The quantitative estimate of drug-likeness (QED) is 0.756. The highest BCUT2D eigenvalue weighted by Crippen LogP contribution is 2.33. The van der Waals surface area contributed by atoms with Gasteiger partial charge in [0.2, 0.25) is 0 Å². The summed E-state index contributed by atoms with van der Waals surface area (Å²) in [6.45, 7) is 8.37. The minimum atomic E-state index is -0.181. The fourth-order valence-corrected chi connectivity index (χ4v) is 2.37. The van der Waals surface area contributed by atoms with E-state index in [1.54, 1.807) is 0 Å². The lowest BCUT2D eigenvalue weighted by Gasteiger charge is -2.22. The third kappa shape index (κ3) is 3.97. The topological polar surface area (TPSA) is 29.5 Å². The van der Waals surface area contributed by atoms with Crippen molar-refractivity contribution >= 4 is 0 Å². The summed E-state index contributed by atoms with van der Waals surface area (Å²) in [6, 6.07) is 0. The Morgan fingerprint density at radius 2 is 2.07 bits per heavy atom. The minimum absolute atomic E-state index is 0.0786. The molecule has 1 fully saturated rings. The second-order valence-corrected chi connectivity index (χ2v) is 5.46. The molecule has 0 spiro atoms. The molecule has 3 atom stereocenters. The molecule has 3 unspecified atom stereocenters. The van der Waals surface area contributed by atoms with Crippen molar-refractivity contribution in [2.75, 3.05) is 0 Å². The van der Waals surface area contributed by atoms with Gasteiger partial charge in [0, 0.05) is 0 Å². The van der Waals surface area contributed by atoms with Crippen LogP contribution in [0.4, 0.5) is 0 Å². The summed E-state index contributed by atoms with van der Waals surface area (Å²) in [6.07, 6.45) is 4.56. The van der Waals surface area contributed by atoms with Crippen molar-refractivity contribution in [1.29, 1.82) is 0 Å². The third-order valence-electron chi connectivity index (χ3n) is 2.96. The number of rotatable bonds is 4. The van der Waals surface area contributed by atoms with Crippen LogP contribution >= 0.6 is 0 Å². The van der Waals surface area contributed by atoms with Gasteiger partial charge in [-0.25, -0.2) is 0 Å². The van der Waals surface area contributed by atoms with Gasteiger partial charge in [-0.1, -0.05) is 6.92 Å². The minimum Gasteiger partial charge on any atom is -0.393 e. The van der Waals surface area contributed by atoms with Crippen LogP contribution in [-0.4, -0.2) is 22.9 Å². The molecule has 2 nitrogen and oxygen atoms in total. The highest BCUT2D eigenvalue weighted by atomic mass is 16.5. The van der Waals surface area contributed by atoms with Crippen molar-refractivity contribution < 1.29 is 9.84 Å². The van der Waals surface area contributed by atoms with Crippen molar-refractivity contribution in [2.24, 2.45) is 5.92 Å². The lowest BCUT2D eigenvalue weighted by Crippen LogP contribution is -2.21. The first kappa shape index (κ1) is 12.0. The highest BCUT2D eigenvalue weighted by Gasteiger charge is 2.32. The van der Waals surface area contributed by atoms with Gasteiger partial charge < -0.3 is 9.84 Å². The summed E-state index contributed by atoms with van der Waals surface area (Å²) >= 11 is 0. The molecule has 0 bridgehead atoms. The van der Waals surface area contributed by atoms with Gasteiger partial charge in [-0.2, -0.15) is 0 Å². The van der Waals surface area contributed by atoms with Crippen LogP contribution in [-0.2, 0) is 4.74 Å². The number of aliphatic hydroxyl groups is 1. The Hall–Kier alpha value is -0.0800. The predicted molar refractivity (Wildman–Crippen MR) is 58.3 cm³/mol. The molecule has 0 aromatic rings. The first-order valence-corrected chi connectivity index (χ1v) is 5.75. The van der Waals surface area contributed by atoms with Crippen molar-refractivity contribution in [2.45, 2.75) is 71.2 Å². The molecule has 1 heterocycles. The molecule has 14 heavy (non-hydrogen) atoms. The van der Waals surface area contributed by atoms with Crippen molar-refractivity contribution in [3.05, 3.63) is 0 Å². The molecule has 1 rings (SSSR count). The van der Waals surface area contributed by atoms with Gasteiger partial charge in [-0.15, -0.1) is 0 Å². The summed E-state index contributed by atoms with van der Waals surface area (Å²) in [5.41, 5.74) is 0.0786. The summed E-state index contributed by atoms with van der Waals surface area (Å²) in [5, 5.41) is 9.26. The summed E-state index contributed by atoms with van der Waals surface area (Å²) in [5.74, 6) is 0.564. The van der Waals surface area contributed by atoms with E-state index in [2.05, 4.69) is 20.8 Å². The van der Waals surface area contributed by atoms with E-state index in [0.717, 1.165) is 12.8 Å². The zero-order valence-electron chi connectivity index (χ0n) is 9.92. The first-order chi connectivity index (χ1) is 6.39. The molecule has 2 heteroatoms. The molecule has 0 aromatic carbocycles. The molecule has 84 valence electrons. The number of hydrogen-bond donors (Lipinski definition) is 1. The normalized spacial score (nSPS) is 30.2. The van der Waals surface area contributed by atoms with Crippen LogP contribution < -0.4 is 0 Å². The van der Waals surface area contributed by atoms with E-state index in [9.17, 15) is 5.11 Å². The Kier molecular flexibility index (Phi) is 3.96. The first-order valence-electron chi connectivity index (χ1n) is 5.75. The van der Waals surface area contributed by atoms with Crippen LogP contribution in [0.25, 0.3) is 0 Å². The Balaban J connectivity index is 2.25. The van der Waals surface area contributed by atoms with Crippen LogP contribution in [0, 0.1) is 5.92 Å². The molecule has 0 aromatic heterocycles. The molecule has 1 saturated heterocycles. The van der Waals surface area contributed by atoms with E-state index in [-0.39, 0.29) is 11.7 Å². The van der Waals surface area contributed by atoms with Crippen molar-refractivity contribution in [1.82, 2.24) is 0 Å². The third-order valence-corrected chi connectivity index (χ3v) is 2.96. The van der Waals surface area contributed by atoms with Crippen molar-refractivity contribution in [3.8, 4) is 0 Å². The second-order valence-electron chi connectivity index (χ2n) is 5.46. The van der Waals surface area contributed by atoms with E-state index in [0.29, 0.717) is 12.0 Å². The largest absolute Gasteiger partial charge is 0.393 e. The number of hydrogen-bond acceptors (Lipinski definition) is 2. The summed E-state index contributed by atoms with van der Waals surface area (Å²) < 4.78 is 5.92. The SMILES string of the molecule is CC(O)CC(C)CC1CCC(C)(C)O1. The predicted octanol–water partition coefficient (Wildman–Crippen LogP) is 2.74. The monoisotopic (exact) mass is 200 g/mol. The van der Waals surface area contributed by atoms with Crippen LogP contribution in [0.15, 0.2) is 0 Å². The van der Waals surface area contributed by atoms with Gasteiger partial charge in [-0.3, -0.25) is 0 Å². The molecule has 0 aliphatic carbocycles. The molecule has 0 radical (unpaired) electrons. The fourth-order valence-electron chi connectivity index (χ4n) is 2.37. The summed E-state index contributed by atoms with van der Waals surface area (Å²) in [7, 11) is 0. The Bertz CT molecular complexity index is 175. The molecule has 0 amide bonds. The molecule has 1 N–H and O–H groups in total. The van der Waals surface area contributed by atoms with Gasteiger partial charge in [0.05, 0.1) is 17.8 Å². The molecular weight excluding hydrogens is 176 g/mol. The van der Waals surface area contributed by atoms with E-state index in [1.165, 1.54) is 12.8 Å². The van der Waals surface area contributed by atoms with Gasteiger partial charge in [-0.05, 0) is 52.4 Å². The van der Waals surface area contributed by atoms with Crippen LogP contribution in [0.5, 0.6) is 0 Å². The van der Waals surface area contributed by atoms with Crippen LogP contribution in [0.2, 0.25) is 0 Å². The van der Waals surface area contributed by atoms with E-state index in [4.69, 9.17) is 4.74 Å². The Morgan fingerprint density at radius 1 is 1.43 bits per heavy atom. The Labute approximate surface area is 87.7 Å². The van der Waals surface area contributed by atoms with Gasteiger partial charge in [0.1, 0.15) is 0 Å². The Morgan fingerprint density at radius 3 is 2.50 bits per heavy atom. The average molecular weight is 200 g/mol. The second kappa shape index (κ2) is 4.63. The maximum atomic E-state index is 9.26. The van der Waals surface area contributed by atoms with Gasteiger partial charge in [0.25, 0.3) is 0 Å². The van der Waals surface area contributed by atoms with Gasteiger partial charge in [0.15, 0.2) is 0 Å². The number of ether oxygens (including phenoxy) is 1. The van der Waals surface area contributed by atoms with Crippen LogP contribution in [0.3, 0.4) is 0 Å². The highest BCUT2D eigenvalue weighted by molar-refractivity contribution is 4.81. The number of aliphatic hydroxyl groups excluding tert-OH is 1. The fraction of sp³-hybridized carbons (Fsp3) is 1.00. The maximum absolute atomic E-state index is 9.26. The lowest BCUT2D eigenvalue weighted by molar-refractivity contribution is -0.0257. The average Bonchev–Trinajstić information content (AvgIpc) is 2.27. The standard InChI is InChI=1S/C12H24O2/c1-9(7-10(2)13)8-11-5-6-12(3,4)14-11/h9-11,13H,5-8H2,1-4H3. The molecular formula is C12H24O2.